The summed E-state index contributed by atoms with van der Waals surface area (Å²) in [6, 6.07) is 14.2. The highest BCUT2D eigenvalue weighted by Crippen LogP contribution is 2.45. The molecule has 0 saturated heterocycles. The van der Waals surface area contributed by atoms with Gasteiger partial charge in [0.05, 0.1) is 22.5 Å². The molecule has 2 aliphatic heterocycles. The topological polar surface area (TPSA) is 57.7 Å². The van der Waals surface area contributed by atoms with E-state index >= 15 is 0 Å². The van der Waals surface area contributed by atoms with E-state index < -0.39 is 11.8 Å². The molecule has 3 amide bonds. The second kappa shape index (κ2) is 5.57. The third kappa shape index (κ3) is 2.06. The summed E-state index contributed by atoms with van der Waals surface area (Å²) in [6.45, 7) is 0. The summed E-state index contributed by atoms with van der Waals surface area (Å²) in [6.07, 6.45) is 0. The molecule has 4 rings (SSSR count). The lowest BCUT2D eigenvalue weighted by Gasteiger charge is -2.13. The van der Waals surface area contributed by atoms with Crippen LogP contribution in [0.2, 0.25) is 0 Å². The van der Waals surface area contributed by atoms with E-state index in [9.17, 15) is 14.4 Å². The predicted molar refractivity (Wildman–Crippen MR) is 96.3 cm³/mol. The first-order valence-corrected chi connectivity index (χ1v) is 8.24. The Bertz CT molecular complexity index is 980. The molecule has 2 heterocycles. The summed E-state index contributed by atoms with van der Waals surface area (Å²) in [5, 5.41) is 0. The number of anilines is 2. The number of nitrogens with zero attached hydrogens (tertiary/aromatic N) is 2. The highest BCUT2D eigenvalue weighted by Gasteiger charge is 2.42. The number of para-hydroxylation sites is 2. The van der Waals surface area contributed by atoms with E-state index in [1.54, 1.807) is 37.4 Å². The first-order chi connectivity index (χ1) is 12.1. The van der Waals surface area contributed by atoms with Crippen molar-refractivity contribution in [3.8, 4) is 0 Å². The minimum absolute atomic E-state index is 0.246. The number of amides is 3. The summed E-state index contributed by atoms with van der Waals surface area (Å²) in [5.41, 5.74) is 3.02. The largest absolute Gasteiger partial charge is 0.311 e. The Labute approximate surface area is 149 Å². The Kier molecular flexibility index (Phi) is 3.47. The van der Waals surface area contributed by atoms with Gasteiger partial charge >= 0.3 is 0 Å². The Hall–Kier alpha value is -2.92. The molecule has 0 N–H and O–H groups in total. The molecule has 0 radical (unpaired) electrons. The molecule has 0 spiro atoms. The third-order valence-corrected chi connectivity index (χ3v) is 4.73. The van der Waals surface area contributed by atoms with Gasteiger partial charge in [-0.05, 0) is 12.1 Å². The van der Waals surface area contributed by atoms with Gasteiger partial charge in [0, 0.05) is 18.2 Å². The van der Waals surface area contributed by atoms with E-state index in [2.05, 4.69) is 0 Å². The van der Waals surface area contributed by atoms with E-state index in [1.807, 2.05) is 18.2 Å². The van der Waals surface area contributed by atoms with Crippen LogP contribution in [0.15, 0.2) is 48.5 Å². The van der Waals surface area contributed by atoms with Gasteiger partial charge in [-0.3, -0.25) is 14.4 Å². The van der Waals surface area contributed by atoms with E-state index in [4.69, 9.17) is 11.6 Å². The number of halogens is 1. The van der Waals surface area contributed by atoms with Crippen LogP contribution in [0, 0.1) is 0 Å². The van der Waals surface area contributed by atoms with Crippen LogP contribution in [0.1, 0.15) is 11.1 Å². The fourth-order valence-electron chi connectivity index (χ4n) is 3.38. The van der Waals surface area contributed by atoms with Crippen molar-refractivity contribution in [1.29, 1.82) is 0 Å². The Morgan fingerprint density at radius 1 is 0.880 bits per heavy atom. The van der Waals surface area contributed by atoms with Gasteiger partial charge in [-0.15, -0.1) is 11.6 Å². The normalized spacial score (nSPS) is 18.6. The van der Waals surface area contributed by atoms with E-state index in [0.29, 0.717) is 22.4 Å². The summed E-state index contributed by atoms with van der Waals surface area (Å²) < 4.78 is 0. The lowest BCUT2D eigenvalue weighted by atomic mass is 9.96. The van der Waals surface area contributed by atoms with Crippen molar-refractivity contribution in [3.05, 3.63) is 59.7 Å². The molecule has 2 aromatic rings. The Balaban J connectivity index is 2.03. The monoisotopic (exact) mass is 352 g/mol. The third-order valence-electron chi connectivity index (χ3n) is 4.50. The van der Waals surface area contributed by atoms with Crippen molar-refractivity contribution in [2.45, 2.75) is 0 Å². The number of hydrogen-bond donors (Lipinski definition) is 0. The molecule has 2 aliphatic rings. The maximum Gasteiger partial charge on any atom is 0.266 e. The average molecular weight is 353 g/mol. The summed E-state index contributed by atoms with van der Waals surface area (Å²) in [4.78, 5) is 40.6. The predicted octanol–water partition coefficient (Wildman–Crippen LogP) is 2.69. The molecule has 0 saturated carbocycles. The Morgan fingerprint density at radius 3 is 2.04 bits per heavy atom. The highest BCUT2D eigenvalue weighted by molar-refractivity contribution is 6.53. The van der Waals surface area contributed by atoms with Crippen molar-refractivity contribution in [1.82, 2.24) is 0 Å². The number of imide groups is 1. The van der Waals surface area contributed by atoms with Crippen molar-refractivity contribution < 1.29 is 14.4 Å². The summed E-state index contributed by atoms with van der Waals surface area (Å²) in [7, 11) is 1.67. The number of alkyl halides is 1. The number of carbonyl (C=O) groups is 3. The SMILES string of the molecule is CN1C(=O)/C(=C2/C(=O)N(C(=O)CCl)c3ccccc32)c2ccccc21. The smallest absolute Gasteiger partial charge is 0.266 e. The molecule has 0 bridgehead atoms. The van der Waals surface area contributed by atoms with Crippen LogP contribution >= 0.6 is 11.6 Å². The first-order valence-electron chi connectivity index (χ1n) is 7.70. The highest BCUT2D eigenvalue weighted by atomic mass is 35.5. The van der Waals surface area contributed by atoms with E-state index in [1.165, 1.54) is 4.90 Å². The molecule has 25 heavy (non-hydrogen) atoms. The molecular weight excluding hydrogens is 340 g/mol. The average Bonchev–Trinajstić information content (AvgIpc) is 3.06. The standard InChI is InChI=1S/C19H13ClN2O3/c1-21-13-8-4-2-6-11(13)16(18(21)24)17-12-7-3-5-9-14(12)22(19(17)25)15(23)10-20/h2-9H,10H2,1H3/b17-16+. The molecule has 0 atom stereocenters. The van der Waals surface area contributed by atoms with Crippen LogP contribution in [0.5, 0.6) is 0 Å². The minimum Gasteiger partial charge on any atom is -0.311 e. The molecule has 0 fully saturated rings. The summed E-state index contributed by atoms with van der Waals surface area (Å²) >= 11 is 5.67. The zero-order valence-corrected chi connectivity index (χ0v) is 14.1. The second-order valence-electron chi connectivity index (χ2n) is 5.82. The van der Waals surface area contributed by atoms with Crippen molar-refractivity contribution in [2.24, 2.45) is 0 Å². The number of likely N-dealkylation sites (N-methyl/N-ethyl adjacent to an activating group) is 1. The lowest BCUT2D eigenvalue weighted by molar-refractivity contribution is -0.122. The van der Waals surface area contributed by atoms with Gasteiger partial charge in [-0.25, -0.2) is 4.90 Å². The molecule has 0 unspecified atom stereocenters. The summed E-state index contributed by atoms with van der Waals surface area (Å²) in [5.74, 6) is -1.60. The number of rotatable bonds is 1. The van der Waals surface area contributed by atoms with Gasteiger partial charge in [-0.2, -0.15) is 0 Å². The van der Waals surface area contributed by atoms with Crippen LogP contribution in [0.4, 0.5) is 11.4 Å². The number of hydrogen-bond acceptors (Lipinski definition) is 3. The maximum atomic E-state index is 13.0. The van der Waals surface area contributed by atoms with Crippen molar-refractivity contribution >= 4 is 51.8 Å². The van der Waals surface area contributed by atoms with Crippen LogP contribution in [0.3, 0.4) is 0 Å². The molecular formula is C19H13ClN2O3. The zero-order valence-electron chi connectivity index (χ0n) is 13.3. The van der Waals surface area contributed by atoms with Gasteiger partial charge < -0.3 is 4.90 Å². The van der Waals surface area contributed by atoms with Crippen LogP contribution < -0.4 is 9.80 Å². The number of carbonyl (C=O) groups excluding carboxylic acids is 3. The fraction of sp³-hybridized carbons (Fsp3) is 0.105. The van der Waals surface area contributed by atoms with Crippen LogP contribution in [-0.4, -0.2) is 30.6 Å². The molecule has 0 aliphatic carbocycles. The van der Waals surface area contributed by atoms with Gasteiger partial charge in [0.2, 0.25) is 5.91 Å². The van der Waals surface area contributed by atoms with E-state index in [0.717, 1.165) is 10.6 Å². The molecule has 0 aromatic heterocycles. The number of fused-ring (bicyclic) bond motifs is 2. The van der Waals surface area contributed by atoms with Gasteiger partial charge in [0.1, 0.15) is 5.88 Å². The minimum atomic E-state index is -0.514. The van der Waals surface area contributed by atoms with Crippen molar-refractivity contribution in [2.75, 3.05) is 22.7 Å². The fourth-order valence-corrected chi connectivity index (χ4v) is 3.50. The molecule has 2 aromatic carbocycles. The number of benzene rings is 2. The molecule has 6 heteroatoms. The van der Waals surface area contributed by atoms with Gasteiger partial charge in [0.15, 0.2) is 0 Å². The molecule has 124 valence electrons. The van der Waals surface area contributed by atoms with Crippen molar-refractivity contribution in [3.63, 3.8) is 0 Å². The van der Waals surface area contributed by atoms with E-state index in [-0.39, 0.29) is 17.4 Å². The zero-order chi connectivity index (χ0) is 17.7. The van der Waals surface area contributed by atoms with Crippen LogP contribution in [0.25, 0.3) is 11.1 Å². The maximum absolute atomic E-state index is 13.0. The van der Waals surface area contributed by atoms with Gasteiger partial charge in [-0.1, -0.05) is 36.4 Å². The molecule has 5 nitrogen and oxygen atoms in total. The van der Waals surface area contributed by atoms with Gasteiger partial charge in [0.25, 0.3) is 11.8 Å². The quantitative estimate of drug-likeness (QED) is 0.585. The van der Waals surface area contributed by atoms with Crippen LogP contribution in [-0.2, 0) is 14.4 Å². The first kappa shape index (κ1) is 15.6. The lowest BCUT2D eigenvalue weighted by Crippen LogP contribution is -2.34. The second-order valence-corrected chi connectivity index (χ2v) is 6.08. The Morgan fingerprint density at radius 2 is 1.40 bits per heavy atom.